The highest BCUT2D eigenvalue weighted by Gasteiger charge is 2.05. The Hall–Kier alpha value is -1.33. The minimum Gasteiger partial charge on any atom is -0.489 e. The highest BCUT2D eigenvalue weighted by molar-refractivity contribution is 14.1. The van der Waals surface area contributed by atoms with Gasteiger partial charge in [0.1, 0.15) is 12.4 Å². The molecule has 0 saturated heterocycles. The first-order valence-corrected chi connectivity index (χ1v) is 8.26. The SMILES string of the molecule is Ic1ccc(COc2ccc(C3=CCNCC3)cc2)cc1. The molecule has 0 radical (unpaired) electrons. The van der Waals surface area contributed by atoms with E-state index in [1.165, 1.54) is 20.3 Å². The summed E-state index contributed by atoms with van der Waals surface area (Å²) in [5.74, 6) is 0.923. The van der Waals surface area contributed by atoms with Crippen molar-refractivity contribution in [1.29, 1.82) is 0 Å². The molecule has 0 aliphatic carbocycles. The summed E-state index contributed by atoms with van der Waals surface area (Å²) in [6, 6.07) is 16.8. The lowest BCUT2D eigenvalue weighted by molar-refractivity contribution is 0.306. The van der Waals surface area contributed by atoms with E-state index in [0.717, 1.165) is 25.3 Å². The van der Waals surface area contributed by atoms with Gasteiger partial charge in [-0.3, -0.25) is 0 Å². The van der Waals surface area contributed by atoms with Crippen LogP contribution in [0.2, 0.25) is 0 Å². The van der Waals surface area contributed by atoms with E-state index in [1.807, 2.05) is 0 Å². The molecule has 21 heavy (non-hydrogen) atoms. The Labute approximate surface area is 139 Å². The molecular formula is C18H18INO. The van der Waals surface area contributed by atoms with Crippen molar-refractivity contribution < 1.29 is 4.74 Å². The fourth-order valence-corrected chi connectivity index (χ4v) is 2.76. The van der Waals surface area contributed by atoms with Crippen molar-refractivity contribution in [3.05, 3.63) is 69.3 Å². The Kier molecular flexibility index (Phi) is 4.93. The predicted octanol–water partition coefficient (Wildman–Crippen LogP) is 4.25. The van der Waals surface area contributed by atoms with Crippen molar-refractivity contribution in [3.8, 4) is 5.75 Å². The Balaban J connectivity index is 1.61. The average Bonchev–Trinajstić information content (AvgIpc) is 2.56. The summed E-state index contributed by atoms with van der Waals surface area (Å²) in [5, 5.41) is 3.34. The van der Waals surface area contributed by atoms with Crippen LogP contribution in [0.3, 0.4) is 0 Å². The third kappa shape index (κ3) is 4.08. The van der Waals surface area contributed by atoms with Gasteiger partial charge in [-0.15, -0.1) is 0 Å². The van der Waals surface area contributed by atoms with Crippen LogP contribution in [-0.2, 0) is 6.61 Å². The summed E-state index contributed by atoms with van der Waals surface area (Å²) < 4.78 is 7.09. The number of ether oxygens (including phenoxy) is 1. The summed E-state index contributed by atoms with van der Waals surface area (Å²) in [6.07, 6.45) is 3.37. The zero-order valence-corrected chi connectivity index (χ0v) is 14.0. The second kappa shape index (κ2) is 7.09. The Morgan fingerprint density at radius 1 is 1.00 bits per heavy atom. The fourth-order valence-electron chi connectivity index (χ4n) is 2.40. The smallest absolute Gasteiger partial charge is 0.119 e. The van der Waals surface area contributed by atoms with Crippen LogP contribution in [0, 0.1) is 3.57 Å². The van der Waals surface area contributed by atoms with E-state index in [1.54, 1.807) is 0 Å². The topological polar surface area (TPSA) is 21.3 Å². The van der Waals surface area contributed by atoms with Crippen LogP contribution in [0.25, 0.3) is 5.57 Å². The van der Waals surface area contributed by atoms with Crippen LogP contribution in [0.15, 0.2) is 54.6 Å². The molecule has 0 bridgehead atoms. The largest absolute Gasteiger partial charge is 0.489 e. The van der Waals surface area contributed by atoms with E-state index in [-0.39, 0.29) is 0 Å². The molecule has 2 aromatic carbocycles. The van der Waals surface area contributed by atoms with Crippen LogP contribution >= 0.6 is 22.6 Å². The molecule has 1 aliphatic heterocycles. The molecule has 3 rings (SSSR count). The summed E-state index contributed by atoms with van der Waals surface area (Å²) in [4.78, 5) is 0. The van der Waals surface area contributed by atoms with Crippen LogP contribution in [-0.4, -0.2) is 13.1 Å². The van der Waals surface area contributed by atoms with Crippen molar-refractivity contribution in [2.45, 2.75) is 13.0 Å². The van der Waals surface area contributed by atoms with Gasteiger partial charge in [-0.2, -0.15) is 0 Å². The Bertz CT molecular complexity index is 617. The number of nitrogens with one attached hydrogen (secondary N) is 1. The van der Waals surface area contributed by atoms with Crippen LogP contribution in [0.1, 0.15) is 17.5 Å². The van der Waals surface area contributed by atoms with Gasteiger partial charge < -0.3 is 10.1 Å². The minimum absolute atomic E-state index is 0.614. The van der Waals surface area contributed by atoms with Crippen molar-refractivity contribution >= 4 is 28.2 Å². The number of rotatable bonds is 4. The van der Waals surface area contributed by atoms with Gasteiger partial charge in [0.15, 0.2) is 0 Å². The molecule has 1 N–H and O–H groups in total. The molecule has 2 aromatic rings. The Morgan fingerprint density at radius 2 is 1.76 bits per heavy atom. The van der Waals surface area contributed by atoms with E-state index < -0.39 is 0 Å². The van der Waals surface area contributed by atoms with Crippen LogP contribution < -0.4 is 10.1 Å². The quantitative estimate of drug-likeness (QED) is 0.788. The number of hydrogen-bond donors (Lipinski definition) is 1. The highest BCUT2D eigenvalue weighted by atomic mass is 127. The van der Waals surface area contributed by atoms with Crippen molar-refractivity contribution in [2.75, 3.05) is 13.1 Å². The Morgan fingerprint density at radius 3 is 2.43 bits per heavy atom. The van der Waals surface area contributed by atoms with Gasteiger partial charge in [-0.25, -0.2) is 0 Å². The second-order valence-corrected chi connectivity index (χ2v) is 6.37. The lowest BCUT2D eigenvalue weighted by Crippen LogP contribution is -2.19. The second-order valence-electron chi connectivity index (χ2n) is 5.12. The molecular weight excluding hydrogens is 373 g/mol. The zero-order chi connectivity index (χ0) is 14.5. The zero-order valence-electron chi connectivity index (χ0n) is 11.8. The van der Waals surface area contributed by atoms with Gasteiger partial charge in [0, 0.05) is 10.1 Å². The van der Waals surface area contributed by atoms with Gasteiger partial charge in [-0.05, 0) is 76.5 Å². The highest BCUT2D eigenvalue weighted by Crippen LogP contribution is 2.22. The molecule has 0 saturated carbocycles. The monoisotopic (exact) mass is 391 g/mol. The molecule has 0 atom stereocenters. The van der Waals surface area contributed by atoms with E-state index in [2.05, 4.69) is 82.5 Å². The predicted molar refractivity (Wildman–Crippen MR) is 95.4 cm³/mol. The molecule has 0 amide bonds. The number of halogens is 1. The summed E-state index contributed by atoms with van der Waals surface area (Å²) in [6.45, 7) is 2.65. The lowest BCUT2D eigenvalue weighted by Gasteiger charge is -2.14. The van der Waals surface area contributed by atoms with E-state index in [9.17, 15) is 0 Å². The molecule has 0 fully saturated rings. The maximum absolute atomic E-state index is 5.84. The minimum atomic E-state index is 0.614. The first kappa shape index (κ1) is 14.6. The summed E-state index contributed by atoms with van der Waals surface area (Å²) in [7, 11) is 0. The molecule has 0 spiro atoms. The third-order valence-electron chi connectivity index (χ3n) is 3.61. The summed E-state index contributed by atoms with van der Waals surface area (Å²) in [5.41, 5.74) is 3.93. The van der Waals surface area contributed by atoms with Crippen molar-refractivity contribution in [3.63, 3.8) is 0 Å². The third-order valence-corrected chi connectivity index (χ3v) is 4.33. The normalized spacial score (nSPS) is 14.6. The fraction of sp³-hybridized carbons (Fsp3) is 0.222. The molecule has 0 unspecified atom stereocenters. The van der Waals surface area contributed by atoms with E-state index in [0.29, 0.717) is 6.61 Å². The van der Waals surface area contributed by atoms with Gasteiger partial charge >= 0.3 is 0 Å². The molecule has 108 valence electrons. The van der Waals surface area contributed by atoms with Crippen molar-refractivity contribution in [1.82, 2.24) is 5.32 Å². The lowest BCUT2D eigenvalue weighted by atomic mass is 10.0. The number of hydrogen-bond acceptors (Lipinski definition) is 2. The molecule has 1 aliphatic rings. The van der Waals surface area contributed by atoms with Gasteiger partial charge in [0.05, 0.1) is 0 Å². The molecule has 0 aromatic heterocycles. The van der Waals surface area contributed by atoms with Gasteiger partial charge in [-0.1, -0.05) is 30.3 Å². The number of benzene rings is 2. The van der Waals surface area contributed by atoms with Crippen LogP contribution in [0.5, 0.6) is 5.75 Å². The van der Waals surface area contributed by atoms with E-state index >= 15 is 0 Å². The van der Waals surface area contributed by atoms with E-state index in [4.69, 9.17) is 4.74 Å². The maximum atomic E-state index is 5.84. The standard InChI is InChI=1S/C18H18INO/c19-17-5-1-14(2-6-17)13-21-18-7-3-15(4-8-18)16-9-11-20-12-10-16/h1-9,20H,10-13H2. The van der Waals surface area contributed by atoms with Gasteiger partial charge in [0.25, 0.3) is 0 Å². The summed E-state index contributed by atoms with van der Waals surface area (Å²) >= 11 is 2.31. The average molecular weight is 391 g/mol. The van der Waals surface area contributed by atoms with Crippen molar-refractivity contribution in [2.24, 2.45) is 0 Å². The molecule has 1 heterocycles. The first-order chi connectivity index (χ1) is 10.3. The molecule has 3 heteroatoms. The first-order valence-electron chi connectivity index (χ1n) is 7.19. The van der Waals surface area contributed by atoms with Crippen LogP contribution in [0.4, 0.5) is 0 Å². The maximum Gasteiger partial charge on any atom is 0.119 e. The van der Waals surface area contributed by atoms with Gasteiger partial charge in [0.2, 0.25) is 0 Å². The molecule has 2 nitrogen and oxygen atoms in total.